The largest absolute Gasteiger partial charge is 0.497 e. The lowest BCUT2D eigenvalue weighted by atomic mass is 9.90. The molecule has 1 aliphatic rings. The number of aliphatic hydroxyl groups is 1. The van der Waals surface area contributed by atoms with E-state index < -0.39 is 6.61 Å². The molecule has 0 spiro atoms. The summed E-state index contributed by atoms with van der Waals surface area (Å²) in [6.07, 6.45) is 6.41. The van der Waals surface area contributed by atoms with Crippen molar-refractivity contribution in [3.05, 3.63) is 95.3 Å². The van der Waals surface area contributed by atoms with Gasteiger partial charge < -0.3 is 14.4 Å². The molecule has 0 bridgehead atoms. The Bertz CT molecular complexity index is 1290. The predicted octanol–water partition coefficient (Wildman–Crippen LogP) is 4.65. The van der Waals surface area contributed by atoms with E-state index in [1.54, 1.807) is 19.2 Å². The van der Waals surface area contributed by atoms with E-state index >= 15 is 0 Å². The van der Waals surface area contributed by atoms with Crippen molar-refractivity contribution < 1.29 is 14.6 Å². The molecule has 180 valence electrons. The van der Waals surface area contributed by atoms with E-state index in [-0.39, 0.29) is 5.78 Å². The topological polar surface area (TPSA) is 67.6 Å². The number of nitrogens with zero attached hydrogens (tertiary/aromatic N) is 3. The summed E-state index contributed by atoms with van der Waals surface area (Å²) in [5.74, 6) is 1.18. The quantitative estimate of drug-likeness (QED) is 0.381. The van der Waals surface area contributed by atoms with Gasteiger partial charge in [-0.3, -0.25) is 9.69 Å². The van der Waals surface area contributed by atoms with Crippen LogP contribution >= 0.6 is 0 Å². The smallest absolute Gasteiger partial charge is 0.188 e. The van der Waals surface area contributed by atoms with E-state index in [4.69, 9.17) is 14.8 Å². The van der Waals surface area contributed by atoms with Gasteiger partial charge in [0, 0.05) is 36.4 Å². The van der Waals surface area contributed by atoms with E-state index in [0.717, 1.165) is 54.8 Å². The number of carbonyl (C=O) groups excluding carboxylic acids is 1. The number of hydrogen-bond acceptors (Lipinski definition) is 5. The summed E-state index contributed by atoms with van der Waals surface area (Å²) in [4.78, 5) is 19.0. The van der Waals surface area contributed by atoms with Crippen molar-refractivity contribution in [2.24, 2.45) is 0 Å². The Morgan fingerprint density at radius 1 is 1.00 bits per heavy atom. The van der Waals surface area contributed by atoms with Crippen LogP contribution in [-0.4, -0.2) is 52.1 Å². The lowest BCUT2D eigenvalue weighted by Crippen LogP contribution is -2.32. The van der Waals surface area contributed by atoms with Crippen molar-refractivity contribution in [2.45, 2.75) is 31.8 Å². The van der Waals surface area contributed by atoms with Crippen molar-refractivity contribution >= 4 is 16.8 Å². The molecule has 5 rings (SSSR count). The van der Waals surface area contributed by atoms with E-state index in [1.165, 1.54) is 11.1 Å². The van der Waals surface area contributed by atoms with E-state index in [9.17, 15) is 4.79 Å². The third-order valence-corrected chi connectivity index (χ3v) is 7.02. The lowest BCUT2D eigenvalue weighted by Gasteiger charge is -2.32. The third-order valence-electron chi connectivity index (χ3n) is 7.02. The van der Waals surface area contributed by atoms with Crippen LogP contribution in [0.4, 0.5) is 0 Å². The van der Waals surface area contributed by atoms with Gasteiger partial charge in [-0.05, 0) is 72.8 Å². The molecule has 6 nitrogen and oxygen atoms in total. The number of rotatable bonds is 8. The first-order valence-electron chi connectivity index (χ1n) is 12.2. The number of carbonyl (C=O) groups is 1. The molecule has 0 atom stereocenters. The number of aromatic nitrogens is 2. The molecule has 1 aliphatic heterocycles. The fourth-order valence-corrected chi connectivity index (χ4v) is 4.94. The van der Waals surface area contributed by atoms with Crippen LogP contribution in [0.5, 0.6) is 5.75 Å². The Kier molecular flexibility index (Phi) is 6.93. The lowest BCUT2D eigenvalue weighted by molar-refractivity contribution is 0.0903. The van der Waals surface area contributed by atoms with Gasteiger partial charge in [0.15, 0.2) is 5.78 Å². The van der Waals surface area contributed by atoms with Crippen LogP contribution in [0.2, 0.25) is 0 Å². The van der Waals surface area contributed by atoms with Gasteiger partial charge in [0.05, 0.1) is 7.11 Å². The van der Waals surface area contributed by atoms with Crippen LogP contribution in [0, 0.1) is 0 Å². The number of aliphatic hydroxyl groups excluding tert-OH is 1. The minimum absolute atomic E-state index is 0.260. The maximum absolute atomic E-state index is 11.6. The maximum Gasteiger partial charge on any atom is 0.188 e. The van der Waals surface area contributed by atoms with Crippen LogP contribution in [-0.2, 0) is 13.1 Å². The summed E-state index contributed by atoms with van der Waals surface area (Å²) in [7, 11) is 1.70. The second-order valence-corrected chi connectivity index (χ2v) is 9.30. The Labute approximate surface area is 205 Å². The minimum Gasteiger partial charge on any atom is -0.497 e. The molecule has 0 aliphatic carbocycles. The average molecular weight is 470 g/mol. The zero-order chi connectivity index (χ0) is 24.2. The van der Waals surface area contributed by atoms with Crippen LogP contribution in [0.1, 0.15) is 45.8 Å². The summed E-state index contributed by atoms with van der Waals surface area (Å²) in [6.45, 7) is 3.38. The molecule has 1 saturated heterocycles. The van der Waals surface area contributed by atoms with Crippen molar-refractivity contribution in [2.75, 3.05) is 26.8 Å². The number of likely N-dealkylation sites (tertiary alicyclic amines) is 1. The first kappa shape index (κ1) is 23.3. The van der Waals surface area contributed by atoms with Crippen LogP contribution in [0.15, 0.2) is 73.1 Å². The van der Waals surface area contributed by atoms with Crippen molar-refractivity contribution in [3.8, 4) is 5.75 Å². The summed E-state index contributed by atoms with van der Waals surface area (Å²) >= 11 is 0. The summed E-state index contributed by atoms with van der Waals surface area (Å²) in [6, 6.07) is 20.2. The zero-order valence-electron chi connectivity index (χ0n) is 20.1. The number of pyridine rings is 1. The molecule has 0 saturated carbocycles. The molecule has 1 N–H and O–H groups in total. The first-order valence-corrected chi connectivity index (χ1v) is 12.2. The molecule has 0 radical (unpaired) electrons. The van der Waals surface area contributed by atoms with Crippen molar-refractivity contribution in [3.63, 3.8) is 0 Å². The second kappa shape index (κ2) is 10.4. The molecular weight excluding hydrogens is 438 g/mol. The van der Waals surface area contributed by atoms with Gasteiger partial charge in [0.1, 0.15) is 18.0 Å². The Balaban J connectivity index is 1.21. The highest BCUT2D eigenvalue weighted by Gasteiger charge is 2.21. The Hall–Kier alpha value is -3.48. The number of methoxy groups -OCH3 is 1. The molecule has 2 aromatic carbocycles. The molecule has 2 aromatic heterocycles. The number of hydrogen-bond donors (Lipinski definition) is 1. The molecule has 35 heavy (non-hydrogen) atoms. The van der Waals surface area contributed by atoms with Gasteiger partial charge in [0.2, 0.25) is 0 Å². The average Bonchev–Trinajstić information content (AvgIpc) is 3.31. The fourth-order valence-electron chi connectivity index (χ4n) is 4.94. The highest BCUT2D eigenvalue weighted by molar-refractivity contribution is 5.96. The SMILES string of the molecule is COc1ccc(CN2CCC(c3cnc4c(ccn4Cc4ccc(C(=O)CO)cc4)c3)CC2)cc1. The maximum atomic E-state index is 11.6. The molecule has 0 amide bonds. The summed E-state index contributed by atoms with van der Waals surface area (Å²) < 4.78 is 7.40. The van der Waals surface area contributed by atoms with Crippen LogP contribution in [0.3, 0.4) is 0 Å². The fraction of sp³-hybridized carbons (Fsp3) is 0.310. The van der Waals surface area contributed by atoms with Gasteiger partial charge in [-0.15, -0.1) is 0 Å². The molecule has 0 unspecified atom stereocenters. The standard InChI is InChI=1S/C29H31N3O3/c1-35-27-8-4-21(5-9-27)18-31-13-10-23(11-14-31)26-16-25-12-15-32(29(25)30-17-26)19-22-2-6-24(7-3-22)28(34)20-33/h2-9,12,15-17,23,33H,10-11,13-14,18-20H2,1H3. The van der Waals surface area contributed by atoms with Crippen molar-refractivity contribution in [1.29, 1.82) is 0 Å². The van der Waals surface area contributed by atoms with E-state index in [2.05, 4.69) is 39.9 Å². The first-order chi connectivity index (χ1) is 17.1. The van der Waals surface area contributed by atoms with Crippen molar-refractivity contribution in [1.82, 2.24) is 14.5 Å². The molecular formula is C29H31N3O3. The minimum atomic E-state index is -0.463. The highest BCUT2D eigenvalue weighted by Crippen LogP contribution is 2.30. The number of fused-ring (bicyclic) bond motifs is 1. The zero-order valence-corrected chi connectivity index (χ0v) is 20.1. The number of Topliss-reactive ketones (excluding diaryl/α,β-unsaturated/α-hetero) is 1. The van der Waals surface area contributed by atoms with Gasteiger partial charge in [0.25, 0.3) is 0 Å². The summed E-state index contributed by atoms with van der Waals surface area (Å²) in [5, 5.41) is 10.2. The Morgan fingerprint density at radius 2 is 1.69 bits per heavy atom. The summed E-state index contributed by atoms with van der Waals surface area (Å²) in [5.41, 5.74) is 5.24. The van der Waals surface area contributed by atoms with Crippen LogP contribution in [0.25, 0.3) is 11.0 Å². The predicted molar refractivity (Wildman–Crippen MR) is 137 cm³/mol. The number of piperidine rings is 1. The Morgan fingerprint density at radius 3 is 2.37 bits per heavy atom. The van der Waals surface area contributed by atoms with Gasteiger partial charge in [-0.25, -0.2) is 4.98 Å². The molecule has 1 fully saturated rings. The molecule has 3 heterocycles. The number of ketones is 1. The van der Waals surface area contributed by atoms with E-state index in [1.807, 2.05) is 30.5 Å². The van der Waals surface area contributed by atoms with Gasteiger partial charge >= 0.3 is 0 Å². The molecule has 4 aromatic rings. The van der Waals surface area contributed by atoms with E-state index in [0.29, 0.717) is 18.0 Å². The highest BCUT2D eigenvalue weighted by atomic mass is 16.5. The number of benzene rings is 2. The third kappa shape index (κ3) is 5.29. The molecule has 6 heteroatoms. The van der Waals surface area contributed by atoms with Gasteiger partial charge in [-0.1, -0.05) is 36.4 Å². The second-order valence-electron chi connectivity index (χ2n) is 9.30. The van der Waals surface area contributed by atoms with Crippen LogP contribution < -0.4 is 4.74 Å². The van der Waals surface area contributed by atoms with Gasteiger partial charge in [-0.2, -0.15) is 0 Å². The number of ether oxygens (including phenoxy) is 1. The normalized spacial score (nSPS) is 14.9. The monoisotopic (exact) mass is 469 g/mol.